The van der Waals surface area contributed by atoms with Crippen molar-refractivity contribution in [3.63, 3.8) is 0 Å². The summed E-state index contributed by atoms with van der Waals surface area (Å²) in [5, 5.41) is 8.47. The minimum absolute atomic E-state index is 0.176. The van der Waals surface area contributed by atoms with Crippen LogP contribution in [0.5, 0.6) is 0 Å². The SMILES string of the molecule is O=C(O)C(F)(CF)c1ccccc1. The average molecular weight is 186 g/mol. The van der Waals surface area contributed by atoms with Gasteiger partial charge in [0.25, 0.3) is 5.67 Å². The summed E-state index contributed by atoms with van der Waals surface area (Å²) in [4.78, 5) is 10.4. The molecule has 1 unspecified atom stereocenters. The summed E-state index contributed by atoms with van der Waals surface area (Å²) in [5.41, 5.74) is -3.09. The first-order valence-corrected chi connectivity index (χ1v) is 3.65. The minimum Gasteiger partial charge on any atom is -0.479 e. The summed E-state index contributed by atoms with van der Waals surface area (Å²) in [6.45, 7) is -1.56. The molecule has 0 saturated carbocycles. The molecule has 0 aliphatic heterocycles. The molecule has 70 valence electrons. The first-order valence-electron chi connectivity index (χ1n) is 3.65. The third-order valence-electron chi connectivity index (χ3n) is 1.75. The van der Waals surface area contributed by atoms with Crippen LogP contribution in [-0.2, 0) is 10.5 Å². The summed E-state index contributed by atoms with van der Waals surface area (Å²) in [6, 6.07) is 7.01. The Bertz CT molecular complexity index is 300. The topological polar surface area (TPSA) is 37.3 Å². The van der Waals surface area contributed by atoms with E-state index in [0.29, 0.717) is 0 Å². The van der Waals surface area contributed by atoms with Crippen LogP contribution in [0.1, 0.15) is 5.56 Å². The molecule has 0 heterocycles. The fourth-order valence-corrected chi connectivity index (χ4v) is 0.960. The van der Waals surface area contributed by atoms with E-state index in [4.69, 9.17) is 5.11 Å². The Kier molecular flexibility index (Phi) is 2.60. The van der Waals surface area contributed by atoms with Crippen LogP contribution in [0.4, 0.5) is 8.78 Å². The Hall–Kier alpha value is -1.45. The molecule has 0 saturated heterocycles. The quantitative estimate of drug-likeness (QED) is 0.782. The molecule has 2 nitrogen and oxygen atoms in total. The van der Waals surface area contributed by atoms with Gasteiger partial charge in [-0.1, -0.05) is 30.3 Å². The number of carboxylic acid groups (broad SMARTS) is 1. The van der Waals surface area contributed by atoms with Gasteiger partial charge in [-0.25, -0.2) is 13.6 Å². The third kappa shape index (κ3) is 1.66. The summed E-state index contributed by atoms with van der Waals surface area (Å²) in [6.07, 6.45) is 0. The second kappa shape index (κ2) is 3.51. The van der Waals surface area contributed by atoms with Gasteiger partial charge in [-0.15, -0.1) is 0 Å². The van der Waals surface area contributed by atoms with Crippen molar-refractivity contribution in [3.05, 3.63) is 35.9 Å². The van der Waals surface area contributed by atoms with Crippen molar-refractivity contribution in [2.45, 2.75) is 5.67 Å². The zero-order valence-corrected chi connectivity index (χ0v) is 6.71. The van der Waals surface area contributed by atoms with E-state index in [-0.39, 0.29) is 5.56 Å². The molecule has 0 fully saturated rings. The van der Waals surface area contributed by atoms with Gasteiger partial charge < -0.3 is 5.11 Å². The molecule has 1 rings (SSSR count). The van der Waals surface area contributed by atoms with Crippen LogP contribution in [0.25, 0.3) is 0 Å². The van der Waals surface area contributed by atoms with Crippen molar-refractivity contribution in [2.75, 3.05) is 6.67 Å². The van der Waals surface area contributed by atoms with Crippen molar-refractivity contribution in [2.24, 2.45) is 0 Å². The number of rotatable bonds is 3. The van der Waals surface area contributed by atoms with Gasteiger partial charge in [-0.2, -0.15) is 0 Å². The molecule has 13 heavy (non-hydrogen) atoms. The molecule has 1 atom stereocenters. The smallest absolute Gasteiger partial charge is 0.349 e. The van der Waals surface area contributed by atoms with Crippen molar-refractivity contribution in [3.8, 4) is 0 Å². The second-order valence-corrected chi connectivity index (χ2v) is 2.61. The van der Waals surface area contributed by atoms with Gasteiger partial charge in [-0.3, -0.25) is 0 Å². The summed E-state index contributed by atoms with van der Waals surface area (Å²) in [5.74, 6) is -1.80. The Balaban J connectivity index is 3.11. The van der Waals surface area contributed by atoms with Crippen LogP contribution in [0.2, 0.25) is 0 Å². The lowest BCUT2D eigenvalue weighted by atomic mass is 9.98. The fraction of sp³-hybridized carbons (Fsp3) is 0.222. The highest BCUT2D eigenvalue weighted by Crippen LogP contribution is 2.26. The summed E-state index contributed by atoms with van der Waals surface area (Å²) < 4.78 is 25.6. The lowest BCUT2D eigenvalue weighted by Crippen LogP contribution is -2.33. The van der Waals surface area contributed by atoms with E-state index >= 15 is 0 Å². The zero-order valence-electron chi connectivity index (χ0n) is 6.71. The molecule has 0 amide bonds. The molecule has 4 heteroatoms. The molecular formula is C9H8F2O2. The number of alkyl halides is 2. The van der Waals surface area contributed by atoms with Gasteiger partial charge in [-0.05, 0) is 0 Å². The first kappa shape index (κ1) is 9.64. The number of hydrogen-bond donors (Lipinski definition) is 1. The van der Waals surface area contributed by atoms with Crippen LogP contribution >= 0.6 is 0 Å². The molecule has 1 N–H and O–H groups in total. The molecular weight excluding hydrogens is 178 g/mol. The predicted octanol–water partition coefficient (Wildman–Crippen LogP) is 1.91. The normalized spacial score (nSPS) is 14.9. The van der Waals surface area contributed by atoms with Gasteiger partial charge in [0.1, 0.15) is 6.67 Å². The standard InChI is InChI=1S/C9H8F2O2/c10-6-9(11,8(12)13)7-4-2-1-3-5-7/h1-5H,6H2,(H,12,13). The predicted molar refractivity (Wildman–Crippen MR) is 42.8 cm³/mol. The number of halogens is 2. The molecule has 0 spiro atoms. The van der Waals surface area contributed by atoms with Crippen molar-refractivity contribution in [1.29, 1.82) is 0 Å². The Morgan fingerprint density at radius 1 is 1.38 bits per heavy atom. The Labute approximate surface area is 73.8 Å². The number of carbonyl (C=O) groups is 1. The van der Waals surface area contributed by atoms with Gasteiger partial charge in [0.15, 0.2) is 0 Å². The molecule has 1 aromatic rings. The number of hydrogen-bond acceptors (Lipinski definition) is 1. The minimum atomic E-state index is -2.92. The van der Waals surface area contributed by atoms with E-state index < -0.39 is 18.3 Å². The van der Waals surface area contributed by atoms with Gasteiger partial charge >= 0.3 is 5.97 Å². The molecule has 0 aromatic heterocycles. The zero-order chi connectivity index (χ0) is 9.90. The van der Waals surface area contributed by atoms with Crippen LogP contribution < -0.4 is 0 Å². The van der Waals surface area contributed by atoms with E-state index in [1.807, 2.05) is 0 Å². The fourth-order valence-electron chi connectivity index (χ4n) is 0.960. The highest BCUT2D eigenvalue weighted by atomic mass is 19.2. The monoisotopic (exact) mass is 186 g/mol. The third-order valence-corrected chi connectivity index (χ3v) is 1.75. The summed E-state index contributed by atoms with van der Waals surface area (Å²) >= 11 is 0. The second-order valence-electron chi connectivity index (χ2n) is 2.61. The van der Waals surface area contributed by atoms with Crippen molar-refractivity contribution >= 4 is 5.97 Å². The average Bonchev–Trinajstić information content (AvgIpc) is 2.17. The van der Waals surface area contributed by atoms with Crippen LogP contribution in [-0.4, -0.2) is 17.8 Å². The lowest BCUT2D eigenvalue weighted by Gasteiger charge is -2.16. The number of carboxylic acids is 1. The molecule has 0 aliphatic rings. The van der Waals surface area contributed by atoms with Crippen molar-refractivity contribution in [1.82, 2.24) is 0 Å². The van der Waals surface area contributed by atoms with Gasteiger partial charge in [0.05, 0.1) is 0 Å². The van der Waals surface area contributed by atoms with E-state index in [9.17, 15) is 13.6 Å². The van der Waals surface area contributed by atoms with Crippen LogP contribution in [0.15, 0.2) is 30.3 Å². The largest absolute Gasteiger partial charge is 0.479 e. The Morgan fingerprint density at radius 3 is 2.31 bits per heavy atom. The molecule has 0 radical (unpaired) electrons. The van der Waals surface area contributed by atoms with Crippen molar-refractivity contribution < 1.29 is 18.7 Å². The first-order chi connectivity index (χ1) is 6.11. The molecule has 0 bridgehead atoms. The maximum absolute atomic E-state index is 13.4. The highest BCUT2D eigenvalue weighted by Gasteiger charge is 2.40. The summed E-state index contributed by atoms with van der Waals surface area (Å²) in [7, 11) is 0. The van der Waals surface area contributed by atoms with E-state index in [1.165, 1.54) is 24.3 Å². The number of benzene rings is 1. The van der Waals surface area contributed by atoms with Gasteiger partial charge in [0, 0.05) is 5.56 Å². The Morgan fingerprint density at radius 2 is 1.92 bits per heavy atom. The van der Waals surface area contributed by atoms with Crippen LogP contribution in [0, 0.1) is 0 Å². The lowest BCUT2D eigenvalue weighted by molar-refractivity contribution is -0.152. The highest BCUT2D eigenvalue weighted by molar-refractivity contribution is 5.79. The molecule has 1 aromatic carbocycles. The van der Waals surface area contributed by atoms with Crippen LogP contribution in [0.3, 0.4) is 0 Å². The van der Waals surface area contributed by atoms with E-state index in [0.717, 1.165) is 0 Å². The molecule has 0 aliphatic carbocycles. The maximum atomic E-state index is 13.4. The van der Waals surface area contributed by atoms with Gasteiger partial charge in [0.2, 0.25) is 0 Å². The van der Waals surface area contributed by atoms with E-state index in [2.05, 4.69) is 0 Å². The number of aliphatic carboxylic acids is 1. The van der Waals surface area contributed by atoms with E-state index in [1.54, 1.807) is 6.07 Å². The maximum Gasteiger partial charge on any atom is 0.349 e.